The van der Waals surface area contributed by atoms with Gasteiger partial charge in [0.2, 0.25) is 10.0 Å². The second kappa shape index (κ2) is 9.27. The first-order chi connectivity index (χ1) is 13.0. The maximum absolute atomic E-state index is 12.7. The first-order valence-corrected chi connectivity index (χ1v) is 11.7. The Kier molecular flexibility index (Phi) is 7.51. The van der Waals surface area contributed by atoms with E-state index in [1.807, 2.05) is 31.2 Å². The summed E-state index contributed by atoms with van der Waals surface area (Å²) in [4.78, 5) is 14.4. The summed E-state index contributed by atoms with van der Waals surface area (Å²) in [5.41, 5.74) is 1.29. The molecule has 1 heterocycles. The third kappa shape index (κ3) is 6.48. The molecule has 158 valence electrons. The maximum atomic E-state index is 12.7. The largest absolute Gasteiger partial charge is 0.481 e. The van der Waals surface area contributed by atoms with E-state index in [-0.39, 0.29) is 23.1 Å². The van der Waals surface area contributed by atoms with Crippen LogP contribution in [0.5, 0.6) is 5.75 Å². The van der Waals surface area contributed by atoms with Gasteiger partial charge in [0, 0.05) is 19.1 Å². The van der Waals surface area contributed by atoms with Crippen LogP contribution in [-0.4, -0.2) is 50.2 Å². The predicted molar refractivity (Wildman–Crippen MR) is 112 cm³/mol. The molecule has 1 aromatic carbocycles. The van der Waals surface area contributed by atoms with E-state index in [0.717, 1.165) is 0 Å². The van der Waals surface area contributed by atoms with Crippen LogP contribution in [0.2, 0.25) is 0 Å². The number of likely N-dealkylation sites (tertiary alicyclic amines) is 1. The summed E-state index contributed by atoms with van der Waals surface area (Å²) in [6.45, 7) is 11.1. The lowest BCUT2D eigenvalue weighted by Gasteiger charge is -2.33. The van der Waals surface area contributed by atoms with E-state index in [2.05, 4.69) is 25.5 Å². The van der Waals surface area contributed by atoms with Gasteiger partial charge in [-0.2, -0.15) is 0 Å². The molecular weight excluding hydrogens is 376 g/mol. The fourth-order valence-corrected chi connectivity index (χ4v) is 4.74. The summed E-state index contributed by atoms with van der Waals surface area (Å²) in [6, 6.07) is 7.76. The first kappa shape index (κ1) is 22.7. The highest BCUT2D eigenvalue weighted by molar-refractivity contribution is 7.89. The molecule has 0 radical (unpaired) electrons. The Morgan fingerprint density at radius 3 is 2.29 bits per heavy atom. The van der Waals surface area contributed by atoms with Gasteiger partial charge in [-0.25, -0.2) is 13.1 Å². The van der Waals surface area contributed by atoms with E-state index in [1.165, 1.54) is 5.56 Å². The fraction of sp³-hybridized carbons (Fsp3) is 0.667. The molecule has 1 aromatic rings. The van der Waals surface area contributed by atoms with Gasteiger partial charge in [-0.05, 0) is 49.3 Å². The van der Waals surface area contributed by atoms with Crippen molar-refractivity contribution >= 4 is 15.9 Å². The van der Waals surface area contributed by atoms with Crippen molar-refractivity contribution in [2.45, 2.75) is 71.4 Å². The van der Waals surface area contributed by atoms with Gasteiger partial charge in [0.25, 0.3) is 5.91 Å². The summed E-state index contributed by atoms with van der Waals surface area (Å²) in [5, 5.41) is 0. The molecule has 1 unspecified atom stereocenters. The summed E-state index contributed by atoms with van der Waals surface area (Å²) in [6.07, 6.45) is 1.27. The normalized spacial score (nSPS) is 17.4. The van der Waals surface area contributed by atoms with Gasteiger partial charge in [-0.3, -0.25) is 4.79 Å². The number of ether oxygens (including phenoxy) is 1. The summed E-state index contributed by atoms with van der Waals surface area (Å²) < 4.78 is 32.4. The lowest BCUT2D eigenvalue weighted by atomic mass is 9.87. The van der Waals surface area contributed by atoms with Gasteiger partial charge in [0.1, 0.15) is 5.75 Å². The average molecular weight is 411 g/mol. The molecule has 7 heteroatoms. The number of carbonyl (C=O) groups excluding carboxylic acids is 1. The van der Waals surface area contributed by atoms with Crippen LogP contribution in [0.15, 0.2) is 24.3 Å². The molecule has 0 spiro atoms. The predicted octanol–water partition coefficient (Wildman–Crippen LogP) is 3.07. The minimum atomic E-state index is -3.22. The molecule has 1 saturated heterocycles. The molecule has 1 atom stereocenters. The molecule has 28 heavy (non-hydrogen) atoms. The van der Waals surface area contributed by atoms with Crippen molar-refractivity contribution in [1.29, 1.82) is 0 Å². The Morgan fingerprint density at radius 1 is 1.21 bits per heavy atom. The van der Waals surface area contributed by atoms with Gasteiger partial charge in [-0.15, -0.1) is 0 Å². The second-order valence-electron chi connectivity index (χ2n) is 8.57. The molecule has 6 nitrogen and oxygen atoms in total. The van der Waals surface area contributed by atoms with Crippen molar-refractivity contribution in [1.82, 2.24) is 9.62 Å². The van der Waals surface area contributed by atoms with E-state index < -0.39 is 16.1 Å². The zero-order chi connectivity index (χ0) is 20.9. The molecule has 0 saturated carbocycles. The molecule has 1 N–H and O–H groups in total. The highest BCUT2D eigenvalue weighted by Crippen LogP contribution is 2.25. The highest BCUT2D eigenvalue weighted by atomic mass is 32.2. The Labute approximate surface area is 169 Å². The number of piperidine rings is 1. The quantitative estimate of drug-likeness (QED) is 0.750. The lowest BCUT2D eigenvalue weighted by Crippen LogP contribution is -2.49. The average Bonchev–Trinajstić information content (AvgIpc) is 2.61. The zero-order valence-electron chi connectivity index (χ0n) is 17.7. The number of nitrogens with one attached hydrogen (secondary N) is 1. The minimum absolute atomic E-state index is 0.0604. The Bertz CT molecular complexity index is 746. The van der Waals surface area contributed by atoms with Gasteiger partial charge in [0.15, 0.2) is 6.10 Å². The van der Waals surface area contributed by atoms with Crippen LogP contribution in [0, 0.1) is 0 Å². The third-order valence-electron chi connectivity index (χ3n) is 5.01. The number of rotatable bonds is 7. The molecule has 0 aliphatic carbocycles. The van der Waals surface area contributed by atoms with E-state index in [9.17, 15) is 13.2 Å². The van der Waals surface area contributed by atoms with E-state index in [1.54, 1.807) is 11.8 Å². The molecule has 1 amide bonds. The fourth-order valence-electron chi connectivity index (χ4n) is 3.34. The Morgan fingerprint density at radius 2 is 1.79 bits per heavy atom. The van der Waals surface area contributed by atoms with Crippen molar-refractivity contribution < 1.29 is 17.9 Å². The van der Waals surface area contributed by atoms with Gasteiger partial charge in [-0.1, -0.05) is 39.8 Å². The van der Waals surface area contributed by atoms with Crippen LogP contribution in [0.1, 0.15) is 59.4 Å². The zero-order valence-corrected chi connectivity index (χ0v) is 18.5. The molecular formula is C21H34N2O4S. The number of nitrogens with zero attached hydrogens (tertiary/aromatic N) is 1. The van der Waals surface area contributed by atoms with Gasteiger partial charge >= 0.3 is 0 Å². The van der Waals surface area contributed by atoms with Gasteiger partial charge < -0.3 is 9.64 Å². The monoisotopic (exact) mass is 410 g/mol. The first-order valence-electron chi connectivity index (χ1n) is 10.1. The molecule has 1 aliphatic rings. The molecule has 2 rings (SSSR count). The Hall–Kier alpha value is -1.60. The number of carbonyl (C=O) groups is 1. The van der Waals surface area contributed by atoms with Crippen molar-refractivity contribution in [3.8, 4) is 5.75 Å². The maximum Gasteiger partial charge on any atom is 0.263 e. The minimum Gasteiger partial charge on any atom is -0.481 e. The summed E-state index contributed by atoms with van der Waals surface area (Å²) in [5.74, 6) is 0.760. The number of hydrogen-bond donors (Lipinski definition) is 1. The number of amides is 1. The van der Waals surface area contributed by atoms with Crippen LogP contribution < -0.4 is 9.46 Å². The van der Waals surface area contributed by atoms with Crippen LogP contribution >= 0.6 is 0 Å². The number of sulfonamides is 1. The topological polar surface area (TPSA) is 75.7 Å². The number of benzene rings is 1. The second-order valence-corrected chi connectivity index (χ2v) is 10.4. The van der Waals surface area contributed by atoms with Crippen LogP contribution in [0.4, 0.5) is 0 Å². The Balaban J connectivity index is 1.86. The van der Waals surface area contributed by atoms with Crippen LogP contribution in [0.3, 0.4) is 0 Å². The molecule has 0 bridgehead atoms. The smallest absolute Gasteiger partial charge is 0.263 e. The van der Waals surface area contributed by atoms with Gasteiger partial charge in [0.05, 0.1) is 5.75 Å². The SMILES string of the molecule is CCCS(=O)(=O)NC1CCN(C(=O)C(C)Oc2ccc(C(C)(C)C)cc2)CC1. The standard InChI is InChI=1S/C21H34N2O4S/c1-6-15-28(25,26)22-18-11-13-23(14-12-18)20(24)16(2)27-19-9-7-17(8-10-19)21(3,4)5/h7-10,16,18,22H,6,11-15H2,1-5H3. The van der Waals surface area contributed by atoms with E-state index in [4.69, 9.17) is 4.74 Å². The van der Waals surface area contributed by atoms with E-state index >= 15 is 0 Å². The lowest BCUT2D eigenvalue weighted by molar-refractivity contribution is -0.139. The highest BCUT2D eigenvalue weighted by Gasteiger charge is 2.28. The van der Waals surface area contributed by atoms with Crippen LogP contribution in [0.25, 0.3) is 0 Å². The van der Waals surface area contributed by atoms with Crippen molar-refractivity contribution in [3.63, 3.8) is 0 Å². The van der Waals surface area contributed by atoms with Crippen molar-refractivity contribution in [3.05, 3.63) is 29.8 Å². The summed E-state index contributed by atoms with van der Waals surface area (Å²) >= 11 is 0. The summed E-state index contributed by atoms with van der Waals surface area (Å²) in [7, 11) is -3.22. The van der Waals surface area contributed by atoms with Crippen LogP contribution in [-0.2, 0) is 20.2 Å². The molecule has 1 aliphatic heterocycles. The third-order valence-corrected chi connectivity index (χ3v) is 6.64. The number of hydrogen-bond acceptors (Lipinski definition) is 4. The molecule has 0 aromatic heterocycles. The van der Waals surface area contributed by atoms with Crippen molar-refractivity contribution in [2.24, 2.45) is 0 Å². The van der Waals surface area contributed by atoms with E-state index in [0.29, 0.717) is 38.1 Å². The van der Waals surface area contributed by atoms with Crippen molar-refractivity contribution in [2.75, 3.05) is 18.8 Å². The molecule has 1 fully saturated rings.